The smallest absolute Gasteiger partial charge is 0.0550 e. The summed E-state index contributed by atoms with van der Waals surface area (Å²) < 4.78 is 0.943. The lowest BCUT2D eigenvalue weighted by atomic mass is 10.1. The normalized spacial score (nSPS) is 10.3. The van der Waals surface area contributed by atoms with Crippen LogP contribution in [0.2, 0.25) is 5.02 Å². The molecule has 0 spiro atoms. The monoisotopic (exact) mass is 247 g/mol. The number of benzene rings is 1. The quantitative estimate of drug-likeness (QED) is 0.856. The van der Waals surface area contributed by atoms with Crippen molar-refractivity contribution in [2.45, 2.75) is 13.3 Å². The molecule has 66 valence electrons. The lowest BCUT2D eigenvalue weighted by Crippen LogP contribution is -2.04. The highest BCUT2D eigenvalue weighted by Crippen LogP contribution is 2.26. The van der Waals surface area contributed by atoms with E-state index in [4.69, 9.17) is 17.3 Å². The maximum Gasteiger partial charge on any atom is 0.0550 e. The van der Waals surface area contributed by atoms with Gasteiger partial charge >= 0.3 is 0 Å². The van der Waals surface area contributed by atoms with Crippen molar-refractivity contribution in [1.29, 1.82) is 0 Å². The molecule has 1 aromatic rings. The predicted octanol–water partition coefficient (Wildman–Crippen LogP) is 2.91. The van der Waals surface area contributed by atoms with E-state index in [2.05, 4.69) is 15.9 Å². The van der Waals surface area contributed by atoms with E-state index in [1.807, 2.05) is 19.1 Å². The van der Waals surface area contributed by atoms with Crippen LogP contribution in [-0.2, 0) is 6.42 Å². The Morgan fingerprint density at radius 2 is 2.17 bits per heavy atom. The van der Waals surface area contributed by atoms with E-state index in [0.29, 0.717) is 6.54 Å². The fourth-order valence-electron chi connectivity index (χ4n) is 1.11. The standard InChI is InChI=1S/C9H11BrClN/c1-6-4-9(11)8(10)5-7(6)2-3-12/h4-5H,2-3,12H2,1H3. The summed E-state index contributed by atoms with van der Waals surface area (Å²) in [5.41, 5.74) is 7.93. The molecule has 0 heterocycles. The second-order valence-electron chi connectivity index (χ2n) is 2.73. The zero-order chi connectivity index (χ0) is 9.14. The van der Waals surface area contributed by atoms with E-state index < -0.39 is 0 Å². The molecular formula is C9H11BrClN. The summed E-state index contributed by atoms with van der Waals surface area (Å²) in [7, 11) is 0. The Morgan fingerprint density at radius 1 is 1.50 bits per heavy atom. The van der Waals surface area contributed by atoms with Crippen LogP contribution in [0.5, 0.6) is 0 Å². The maximum atomic E-state index is 5.91. The van der Waals surface area contributed by atoms with Gasteiger partial charge in [0, 0.05) is 4.47 Å². The fraction of sp³-hybridized carbons (Fsp3) is 0.333. The first kappa shape index (κ1) is 10.0. The summed E-state index contributed by atoms with van der Waals surface area (Å²) in [6, 6.07) is 3.99. The average Bonchev–Trinajstić information content (AvgIpc) is 2.01. The molecule has 2 N–H and O–H groups in total. The summed E-state index contributed by atoms with van der Waals surface area (Å²) in [5, 5.41) is 0.758. The number of halogens is 2. The van der Waals surface area contributed by atoms with Crippen LogP contribution in [0.4, 0.5) is 0 Å². The van der Waals surface area contributed by atoms with Gasteiger partial charge in [0.1, 0.15) is 0 Å². The van der Waals surface area contributed by atoms with Crippen molar-refractivity contribution >= 4 is 27.5 Å². The summed E-state index contributed by atoms with van der Waals surface area (Å²) in [6.07, 6.45) is 0.904. The van der Waals surface area contributed by atoms with E-state index in [9.17, 15) is 0 Å². The van der Waals surface area contributed by atoms with Gasteiger partial charge < -0.3 is 5.73 Å². The molecule has 3 heteroatoms. The lowest BCUT2D eigenvalue weighted by Gasteiger charge is -2.06. The molecule has 0 fully saturated rings. The van der Waals surface area contributed by atoms with Gasteiger partial charge in [-0.3, -0.25) is 0 Å². The highest BCUT2D eigenvalue weighted by Gasteiger charge is 2.02. The lowest BCUT2D eigenvalue weighted by molar-refractivity contribution is 0.957. The molecule has 0 aliphatic rings. The molecule has 0 amide bonds. The third-order valence-electron chi connectivity index (χ3n) is 1.79. The van der Waals surface area contributed by atoms with Crippen LogP contribution in [0.25, 0.3) is 0 Å². The maximum absolute atomic E-state index is 5.91. The first-order valence-electron chi connectivity index (χ1n) is 3.79. The zero-order valence-corrected chi connectivity index (χ0v) is 9.24. The second-order valence-corrected chi connectivity index (χ2v) is 3.99. The number of aryl methyl sites for hydroxylation is 1. The minimum absolute atomic E-state index is 0.676. The molecule has 0 atom stereocenters. The van der Waals surface area contributed by atoms with Gasteiger partial charge in [-0.25, -0.2) is 0 Å². The Hall–Kier alpha value is -0.0500. The topological polar surface area (TPSA) is 26.0 Å². The third kappa shape index (κ3) is 2.22. The van der Waals surface area contributed by atoms with Gasteiger partial charge in [-0.15, -0.1) is 0 Å². The van der Waals surface area contributed by atoms with E-state index in [-0.39, 0.29) is 0 Å². The fourth-order valence-corrected chi connectivity index (χ4v) is 1.72. The molecule has 1 nitrogen and oxygen atoms in total. The number of hydrogen-bond acceptors (Lipinski definition) is 1. The van der Waals surface area contributed by atoms with Crippen LogP contribution >= 0.6 is 27.5 Å². The SMILES string of the molecule is Cc1cc(Cl)c(Br)cc1CCN. The Kier molecular flexibility index (Phi) is 3.56. The molecule has 0 aliphatic heterocycles. The summed E-state index contributed by atoms with van der Waals surface area (Å²) in [4.78, 5) is 0. The van der Waals surface area contributed by atoms with Gasteiger partial charge in [0.25, 0.3) is 0 Å². The molecule has 0 saturated carbocycles. The van der Waals surface area contributed by atoms with E-state index in [0.717, 1.165) is 15.9 Å². The van der Waals surface area contributed by atoms with Crippen molar-refractivity contribution in [2.75, 3.05) is 6.54 Å². The molecule has 0 saturated heterocycles. The van der Waals surface area contributed by atoms with Crippen molar-refractivity contribution in [3.63, 3.8) is 0 Å². The van der Waals surface area contributed by atoms with Crippen molar-refractivity contribution in [1.82, 2.24) is 0 Å². The Labute approximate surface area is 86.0 Å². The second kappa shape index (κ2) is 4.26. The minimum atomic E-state index is 0.676. The van der Waals surface area contributed by atoms with Gasteiger partial charge in [0.2, 0.25) is 0 Å². The van der Waals surface area contributed by atoms with E-state index in [1.165, 1.54) is 11.1 Å². The first-order valence-corrected chi connectivity index (χ1v) is 4.97. The van der Waals surface area contributed by atoms with Gasteiger partial charge in [0.05, 0.1) is 5.02 Å². The van der Waals surface area contributed by atoms with Crippen LogP contribution in [0.3, 0.4) is 0 Å². The number of rotatable bonds is 2. The van der Waals surface area contributed by atoms with Gasteiger partial charge in [-0.05, 0) is 59.1 Å². The molecular weight excluding hydrogens is 237 g/mol. The molecule has 12 heavy (non-hydrogen) atoms. The molecule has 1 rings (SSSR count). The summed E-state index contributed by atoms with van der Waals surface area (Å²) in [6.45, 7) is 2.72. The molecule has 0 bridgehead atoms. The van der Waals surface area contributed by atoms with Crippen LogP contribution in [-0.4, -0.2) is 6.54 Å². The number of hydrogen-bond donors (Lipinski definition) is 1. The van der Waals surface area contributed by atoms with Crippen LogP contribution in [0.15, 0.2) is 16.6 Å². The van der Waals surface area contributed by atoms with Gasteiger partial charge in [-0.2, -0.15) is 0 Å². The molecule has 0 aromatic heterocycles. The Morgan fingerprint density at radius 3 is 2.75 bits per heavy atom. The zero-order valence-electron chi connectivity index (χ0n) is 6.90. The van der Waals surface area contributed by atoms with Crippen molar-refractivity contribution in [3.8, 4) is 0 Å². The highest BCUT2D eigenvalue weighted by molar-refractivity contribution is 9.10. The molecule has 1 aromatic carbocycles. The third-order valence-corrected chi connectivity index (χ3v) is 2.99. The molecule has 0 radical (unpaired) electrons. The predicted molar refractivity (Wildman–Crippen MR) is 56.6 cm³/mol. The molecule has 0 aliphatic carbocycles. The van der Waals surface area contributed by atoms with Crippen LogP contribution in [0, 0.1) is 6.92 Å². The average molecular weight is 249 g/mol. The van der Waals surface area contributed by atoms with Crippen molar-refractivity contribution in [2.24, 2.45) is 5.73 Å². The van der Waals surface area contributed by atoms with E-state index in [1.54, 1.807) is 0 Å². The summed E-state index contributed by atoms with van der Waals surface area (Å²) >= 11 is 9.29. The van der Waals surface area contributed by atoms with Crippen LogP contribution < -0.4 is 5.73 Å². The highest BCUT2D eigenvalue weighted by atomic mass is 79.9. The Bertz CT molecular complexity index is 286. The van der Waals surface area contributed by atoms with Crippen molar-refractivity contribution in [3.05, 3.63) is 32.8 Å². The minimum Gasteiger partial charge on any atom is -0.330 e. The number of nitrogens with two attached hydrogens (primary N) is 1. The summed E-state index contributed by atoms with van der Waals surface area (Å²) in [5.74, 6) is 0. The van der Waals surface area contributed by atoms with Gasteiger partial charge in [-0.1, -0.05) is 11.6 Å². The van der Waals surface area contributed by atoms with Crippen LogP contribution in [0.1, 0.15) is 11.1 Å². The largest absolute Gasteiger partial charge is 0.330 e. The van der Waals surface area contributed by atoms with Crippen molar-refractivity contribution < 1.29 is 0 Å². The van der Waals surface area contributed by atoms with Gasteiger partial charge in [0.15, 0.2) is 0 Å². The first-order chi connectivity index (χ1) is 5.65. The molecule has 0 unspecified atom stereocenters. The Balaban J connectivity index is 3.05. The van der Waals surface area contributed by atoms with E-state index >= 15 is 0 Å².